The van der Waals surface area contributed by atoms with E-state index in [4.69, 9.17) is 6.42 Å². The van der Waals surface area contributed by atoms with Crippen molar-refractivity contribution in [2.24, 2.45) is 0 Å². The highest BCUT2D eigenvalue weighted by Crippen LogP contribution is 2.37. The summed E-state index contributed by atoms with van der Waals surface area (Å²) in [6, 6.07) is 17.8. The van der Waals surface area contributed by atoms with Crippen LogP contribution in [0.5, 0.6) is 5.75 Å². The van der Waals surface area contributed by atoms with Gasteiger partial charge < -0.3 is 20.1 Å². The molecule has 2 aliphatic rings. The van der Waals surface area contributed by atoms with Gasteiger partial charge in [-0.1, -0.05) is 42.3 Å². The van der Waals surface area contributed by atoms with E-state index < -0.39 is 30.2 Å². The summed E-state index contributed by atoms with van der Waals surface area (Å²) in [5.74, 6) is 0.491. The molecule has 0 fully saturated rings. The number of H-pyrrole nitrogens is 1. The van der Waals surface area contributed by atoms with Crippen molar-refractivity contribution in [2.75, 3.05) is 6.61 Å². The first kappa shape index (κ1) is 25.9. The van der Waals surface area contributed by atoms with Gasteiger partial charge in [-0.15, -0.1) is 19.6 Å². The number of alkyl halides is 3. The monoisotopic (exact) mass is 506 g/mol. The fraction of sp³-hybridized carbons (Fsp3) is 0.207. The number of ether oxygens (including phenoxy) is 1. The average molecular weight is 507 g/mol. The molecule has 0 bridgehead atoms. The topological polar surface area (TPSA) is 74.4 Å². The highest BCUT2D eigenvalue weighted by atomic mass is 19.4. The van der Waals surface area contributed by atoms with Gasteiger partial charge in [0.15, 0.2) is 5.75 Å². The highest BCUT2D eigenvalue weighted by molar-refractivity contribution is 5.98. The Morgan fingerprint density at radius 1 is 1.14 bits per heavy atom. The molecule has 5 nitrogen and oxygen atoms in total. The normalized spacial score (nSPS) is 13.1. The summed E-state index contributed by atoms with van der Waals surface area (Å²) < 4.78 is 42.5. The molecule has 0 spiro atoms. The zero-order valence-electron chi connectivity index (χ0n) is 20.2. The molecule has 190 valence electrons. The van der Waals surface area contributed by atoms with Crippen molar-refractivity contribution in [1.82, 2.24) is 10.3 Å². The van der Waals surface area contributed by atoms with Gasteiger partial charge in [0, 0.05) is 17.1 Å². The second-order valence-corrected chi connectivity index (χ2v) is 9.11. The summed E-state index contributed by atoms with van der Waals surface area (Å²) in [7, 11) is 0. The van der Waals surface area contributed by atoms with E-state index in [2.05, 4.69) is 46.1 Å². The lowest BCUT2D eigenvalue weighted by Crippen LogP contribution is -2.50. The summed E-state index contributed by atoms with van der Waals surface area (Å²) in [4.78, 5) is 15.9. The van der Waals surface area contributed by atoms with Gasteiger partial charge >= 0.3 is 6.36 Å². The highest BCUT2D eigenvalue weighted by Gasteiger charge is 2.35. The van der Waals surface area contributed by atoms with Crippen LogP contribution >= 0.6 is 0 Å². The summed E-state index contributed by atoms with van der Waals surface area (Å²) in [6.07, 6.45) is 2.25. The number of hydrogen-bond acceptors (Lipinski definition) is 3. The van der Waals surface area contributed by atoms with Crippen LogP contribution in [0.15, 0.2) is 66.9 Å². The first-order valence-electron chi connectivity index (χ1n) is 11.5. The first-order valence-corrected chi connectivity index (χ1v) is 11.5. The predicted molar refractivity (Wildman–Crippen MR) is 136 cm³/mol. The number of aliphatic hydroxyl groups excluding tert-OH is 1. The molecule has 2 aromatic carbocycles. The molecule has 37 heavy (non-hydrogen) atoms. The number of carbonyl (C=O) groups is 1. The molecule has 1 unspecified atom stereocenters. The van der Waals surface area contributed by atoms with Crippen LogP contribution in [-0.2, 0) is 6.42 Å². The third kappa shape index (κ3) is 5.96. The lowest BCUT2D eigenvalue weighted by atomic mass is 9.92. The van der Waals surface area contributed by atoms with Crippen molar-refractivity contribution in [1.29, 1.82) is 0 Å². The molecule has 1 atom stereocenters. The van der Waals surface area contributed by atoms with E-state index in [1.807, 2.05) is 24.3 Å². The van der Waals surface area contributed by atoms with E-state index in [1.165, 1.54) is 34.9 Å². The number of halogens is 3. The van der Waals surface area contributed by atoms with E-state index in [1.54, 1.807) is 13.1 Å². The molecular formula is C29H25F3N2O3. The quantitative estimate of drug-likeness (QED) is 0.257. The van der Waals surface area contributed by atoms with Gasteiger partial charge in [0.25, 0.3) is 5.91 Å². The number of amides is 1. The van der Waals surface area contributed by atoms with E-state index in [0.717, 1.165) is 16.5 Å². The van der Waals surface area contributed by atoms with Crippen LogP contribution in [0, 0.1) is 19.3 Å². The fourth-order valence-electron chi connectivity index (χ4n) is 4.14. The largest absolute Gasteiger partial charge is 0.573 e. The van der Waals surface area contributed by atoms with Crippen molar-refractivity contribution >= 4 is 16.8 Å². The van der Waals surface area contributed by atoms with Crippen LogP contribution in [0.4, 0.5) is 13.2 Å². The molecule has 2 aliphatic carbocycles. The maximum absolute atomic E-state index is 12.8. The molecule has 8 heteroatoms. The standard InChI is InChI=1S/C22H19F3N2O3.C7H6/c1-3-14-7-6-9-17(19(14)30-22(23,24)25)20(29)27-21(2,13-28)11-15-12-26-18-10-5-4-8-16(15)18;1-5-2-3-6-4-7(5)6/h1,4-10,12,26,28H,11,13H2,2H3,(H,27,29);2-4H,1H3. The van der Waals surface area contributed by atoms with Gasteiger partial charge in [-0.05, 0) is 66.8 Å². The number of carbonyl (C=O) groups excluding carboxylic acids is 1. The molecule has 1 aromatic heterocycles. The van der Waals surface area contributed by atoms with E-state index >= 15 is 0 Å². The fourth-order valence-corrected chi connectivity index (χ4v) is 4.14. The minimum Gasteiger partial charge on any atom is -0.404 e. The Morgan fingerprint density at radius 3 is 2.46 bits per heavy atom. The summed E-state index contributed by atoms with van der Waals surface area (Å²) in [5.41, 5.74) is 4.34. The zero-order valence-corrected chi connectivity index (χ0v) is 20.2. The number of hydrogen-bond donors (Lipinski definition) is 3. The number of rotatable bonds is 6. The lowest BCUT2D eigenvalue weighted by molar-refractivity contribution is -0.274. The number of aliphatic hydroxyl groups is 1. The van der Waals surface area contributed by atoms with Gasteiger partial charge in [-0.2, -0.15) is 0 Å². The molecule has 3 N–H and O–H groups in total. The third-order valence-electron chi connectivity index (χ3n) is 6.12. The van der Waals surface area contributed by atoms with Crippen molar-refractivity contribution in [2.45, 2.75) is 32.2 Å². The van der Waals surface area contributed by atoms with Crippen LogP contribution < -0.4 is 10.1 Å². The lowest BCUT2D eigenvalue weighted by Gasteiger charge is -2.29. The minimum absolute atomic E-state index is 0.206. The molecule has 1 heterocycles. The van der Waals surface area contributed by atoms with Crippen molar-refractivity contribution < 1.29 is 27.8 Å². The zero-order chi connectivity index (χ0) is 26.8. The maximum atomic E-state index is 12.8. The van der Waals surface area contributed by atoms with Gasteiger partial charge in [-0.25, -0.2) is 0 Å². The molecule has 5 rings (SSSR count). The van der Waals surface area contributed by atoms with E-state index in [-0.39, 0.29) is 17.5 Å². The van der Waals surface area contributed by atoms with E-state index in [9.17, 15) is 23.1 Å². The van der Waals surface area contributed by atoms with E-state index in [0.29, 0.717) is 0 Å². The molecular weight excluding hydrogens is 481 g/mol. The van der Waals surface area contributed by atoms with Crippen LogP contribution in [0.3, 0.4) is 0 Å². The smallest absolute Gasteiger partial charge is 0.404 e. The number of aromatic nitrogens is 1. The summed E-state index contributed by atoms with van der Waals surface area (Å²) >= 11 is 0. The number of terminal acetylenes is 1. The first-order chi connectivity index (χ1) is 17.5. The molecule has 1 amide bonds. The maximum Gasteiger partial charge on any atom is 0.573 e. The molecule has 0 radical (unpaired) electrons. The molecule has 0 aliphatic heterocycles. The Bertz CT molecular complexity index is 1500. The number of aromatic amines is 1. The Labute approximate surface area is 212 Å². The van der Waals surface area contributed by atoms with Crippen LogP contribution in [-0.4, -0.2) is 34.5 Å². The van der Waals surface area contributed by atoms with Gasteiger partial charge in [0.1, 0.15) is 0 Å². The van der Waals surface area contributed by atoms with Gasteiger partial charge in [0.2, 0.25) is 0 Å². The Morgan fingerprint density at radius 2 is 1.89 bits per heavy atom. The van der Waals surface area contributed by atoms with Crippen molar-refractivity contribution in [3.8, 4) is 29.2 Å². The number of aryl methyl sites for hydroxylation is 1. The summed E-state index contributed by atoms with van der Waals surface area (Å²) in [6.45, 7) is 3.30. The molecule has 3 aromatic rings. The van der Waals surface area contributed by atoms with Crippen molar-refractivity contribution in [3.05, 3.63) is 89.1 Å². The number of nitrogens with one attached hydrogen (secondary N) is 2. The molecule has 0 saturated heterocycles. The third-order valence-corrected chi connectivity index (χ3v) is 6.12. The second-order valence-electron chi connectivity index (χ2n) is 9.11. The Hall–Kier alpha value is -4.22. The number of benzene rings is 3. The van der Waals surface area contributed by atoms with Gasteiger partial charge in [-0.3, -0.25) is 4.79 Å². The van der Waals surface area contributed by atoms with Crippen LogP contribution in [0.25, 0.3) is 22.0 Å². The van der Waals surface area contributed by atoms with Crippen LogP contribution in [0.1, 0.15) is 34.0 Å². The predicted octanol–water partition coefficient (Wildman–Crippen LogP) is 5.75. The average Bonchev–Trinajstić information content (AvgIpc) is 3.42. The Kier molecular flexibility index (Phi) is 7.01. The minimum atomic E-state index is -5.02. The van der Waals surface area contributed by atoms with Crippen molar-refractivity contribution in [3.63, 3.8) is 0 Å². The SMILES string of the molecule is C#Cc1cccc(C(=O)NC(C)(CO)Cc2c[nH]c3ccccc23)c1OC(F)(F)F.Cc1ccc2cc1-2. The van der Waals surface area contributed by atoms with Crippen LogP contribution in [0.2, 0.25) is 0 Å². The second kappa shape index (κ2) is 10.0. The molecule has 0 saturated carbocycles. The number of para-hydroxylation sites is 2. The number of fused-ring (bicyclic) bond motifs is 2. The summed E-state index contributed by atoms with van der Waals surface area (Å²) in [5, 5.41) is 13.5. The Balaban J connectivity index is 0.000000387. The van der Waals surface area contributed by atoms with Gasteiger partial charge in [0.05, 0.1) is 23.3 Å².